The first-order chi connectivity index (χ1) is 14.3. The predicted molar refractivity (Wildman–Crippen MR) is 111 cm³/mol. The molecule has 1 aromatic heterocycles. The molecular weight excluding hydrogens is 410 g/mol. The lowest BCUT2D eigenvalue weighted by atomic mass is 10.0. The number of aromatic nitrogens is 1. The van der Waals surface area contributed by atoms with Gasteiger partial charge in [-0.15, -0.1) is 0 Å². The molecule has 9 nitrogen and oxygen atoms in total. The van der Waals surface area contributed by atoms with Gasteiger partial charge in [-0.1, -0.05) is 6.07 Å². The zero-order valence-corrected chi connectivity index (χ0v) is 17.9. The predicted octanol–water partition coefficient (Wildman–Crippen LogP) is 1.75. The molecule has 2 N–H and O–H groups in total. The molecular formula is C20H25N3O6S. The highest BCUT2D eigenvalue weighted by Crippen LogP contribution is 2.27. The smallest absolute Gasteiger partial charge is 0.310 e. The van der Waals surface area contributed by atoms with Crippen LogP contribution in [0.3, 0.4) is 0 Å². The van der Waals surface area contributed by atoms with Gasteiger partial charge >= 0.3 is 5.97 Å². The largest absolute Gasteiger partial charge is 0.495 e. The average Bonchev–Trinajstić information content (AvgIpc) is 2.71. The van der Waals surface area contributed by atoms with Crippen molar-refractivity contribution in [2.24, 2.45) is 5.92 Å². The molecule has 0 bridgehead atoms. The van der Waals surface area contributed by atoms with E-state index in [2.05, 4.69) is 15.0 Å². The van der Waals surface area contributed by atoms with Gasteiger partial charge in [-0.3, -0.25) is 14.6 Å². The Balaban J connectivity index is 2.24. The van der Waals surface area contributed by atoms with E-state index in [-0.39, 0.29) is 36.1 Å². The first-order valence-corrected chi connectivity index (χ1v) is 10.8. The molecule has 1 atom stereocenters. The van der Waals surface area contributed by atoms with Crippen LogP contribution in [0.4, 0.5) is 5.69 Å². The van der Waals surface area contributed by atoms with Crippen LogP contribution in [-0.2, 0) is 30.8 Å². The van der Waals surface area contributed by atoms with Gasteiger partial charge in [0.1, 0.15) is 10.6 Å². The number of hydrogen-bond acceptors (Lipinski definition) is 7. The SMILES string of the molecule is CCOC(=O)[C@@H](CNS(=O)(=O)c1cc(NC(C)=O)ccc1OC)Cc1cccnc1. The number of hydrogen-bond donors (Lipinski definition) is 2. The molecule has 10 heteroatoms. The second-order valence-corrected chi connectivity index (χ2v) is 8.15. The number of esters is 1. The molecule has 0 aliphatic carbocycles. The van der Waals surface area contributed by atoms with E-state index in [4.69, 9.17) is 9.47 Å². The fraction of sp³-hybridized carbons (Fsp3) is 0.350. The monoisotopic (exact) mass is 435 g/mol. The number of nitrogens with zero attached hydrogens (tertiary/aromatic N) is 1. The Morgan fingerprint density at radius 1 is 1.23 bits per heavy atom. The Bertz CT molecular complexity index is 979. The summed E-state index contributed by atoms with van der Waals surface area (Å²) in [5, 5.41) is 2.53. The summed E-state index contributed by atoms with van der Waals surface area (Å²) in [5.74, 6) is -1.48. The number of benzene rings is 1. The first-order valence-electron chi connectivity index (χ1n) is 9.27. The summed E-state index contributed by atoms with van der Waals surface area (Å²) in [7, 11) is -2.70. The molecule has 1 aromatic carbocycles. The van der Waals surface area contributed by atoms with Crippen molar-refractivity contribution in [1.29, 1.82) is 0 Å². The molecule has 2 rings (SSSR count). The molecule has 0 aliphatic heterocycles. The highest BCUT2D eigenvalue weighted by atomic mass is 32.2. The van der Waals surface area contributed by atoms with Gasteiger partial charge in [-0.25, -0.2) is 13.1 Å². The van der Waals surface area contributed by atoms with Crippen LogP contribution in [0.5, 0.6) is 5.75 Å². The first kappa shape index (κ1) is 23.3. The lowest BCUT2D eigenvalue weighted by Crippen LogP contribution is -2.35. The Hall–Kier alpha value is -2.98. The van der Waals surface area contributed by atoms with Crippen molar-refractivity contribution in [3.8, 4) is 5.75 Å². The number of carbonyl (C=O) groups excluding carboxylic acids is 2. The number of carbonyl (C=O) groups is 2. The van der Waals surface area contributed by atoms with Crippen LogP contribution in [0.25, 0.3) is 0 Å². The highest BCUT2D eigenvalue weighted by Gasteiger charge is 2.26. The third-order valence-corrected chi connectivity index (χ3v) is 5.56. The summed E-state index contributed by atoms with van der Waals surface area (Å²) >= 11 is 0. The van der Waals surface area contributed by atoms with E-state index in [9.17, 15) is 18.0 Å². The van der Waals surface area contributed by atoms with Crippen molar-refractivity contribution in [2.75, 3.05) is 25.6 Å². The third kappa shape index (κ3) is 6.53. The van der Waals surface area contributed by atoms with Gasteiger partial charge in [-0.2, -0.15) is 0 Å². The van der Waals surface area contributed by atoms with Gasteiger partial charge in [0.15, 0.2) is 0 Å². The number of methoxy groups -OCH3 is 1. The summed E-state index contributed by atoms with van der Waals surface area (Å²) in [5.41, 5.74) is 1.08. The molecule has 30 heavy (non-hydrogen) atoms. The second kappa shape index (κ2) is 10.7. The maximum absolute atomic E-state index is 12.9. The van der Waals surface area contributed by atoms with Crippen molar-refractivity contribution >= 4 is 27.6 Å². The van der Waals surface area contributed by atoms with Crippen LogP contribution in [0.1, 0.15) is 19.4 Å². The molecule has 1 amide bonds. The van der Waals surface area contributed by atoms with E-state index in [0.717, 1.165) is 5.56 Å². The van der Waals surface area contributed by atoms with Gasteiger partial charge in [0.05, 0.1) is 19.6 Å². The lowest BCUT2D eigenvalue weighted by Gasteiger charge is -2.17. The summed E-state index contributed by atoms with van der Waals surface area (Å²) in [6, 6.07) is 7.80. The van der Waals surface area contributed by atoms with Gasteiger partial charge in [0, 0.05) is 31.5 Å². The minimum absolute atomic E-state index is 0.108. The van der Waals surface area contributed by atoms with Crippen LogP contribution >= 0.6 is 0 Å². The normalized spacial score (nSPS) is 12.1. The Labute approximate surface area is 175 Å². The molecule has 0 radical (unpaired) electrons. The molecule has 0 spiro atoms. The van der Waals surface area contributed by atoms with E-state index < -0.39 is 21.9 Å². The molecule has 0 saturated carbocycles. The molecule has 1 heterocycles. The van der Waals surface area contributed by atoms with E-state index in [1.54, 1.807) is 31.5 Å². The second-order valence-electron chi connectivity index (χ2n) is 6.41. The van der Waals surface area contributed by atoms with Crippen molar-refractivity contribution in [3.05, 3.63) is 48.3 Å². The molecule has 0 saturated heterocycles. The van der Waals surface area contributed by atoms with E-state index in [0.29, 0.717) is 5.69 Å². The topological polar surface area (TPSA) is 124 Å². The van der Waals surface area contributed by atoms with Crippen LogP contribution in [0, 0.1) is 5.92 Å². The molecule has 0 unspecified atom stereocenters. The molecule has 162 valence electrons. The highest BCUT2D eigenvalue weighted by molar-refractivity contribution is 7.89. The number of nitrogens with one attached hydrogen (secondary N) is 2. The zero-order chi connectivity index (χ0) is 22.1. The maximum Gasteiger partial charge on any atom is 0.310 e. The number of pyridine rings is 1. The van der Waals surface area contributed by atoms with E-state index in [1.807, 2.05) is 0 Å². The number of ether oxygens (including phenoxy) is 2. The van der Waals surface area contributed by atoms with Crippen LogP contribution < -0.4 is 14.8 Å². The summed E-state index contributed by atoms with van der Waals surface area (Å²) in [6.45, 7) is 3.01. The fourth-order valence-electron chi connectivity index (χ4n) is 2.76. The van der Waals surface area contributed by atoms with Crippen molar-refractivity contribution in [2.45, 2.75) is 25.2 Å². The van der Waals surface area contributed by atoms with Gasteiger partial charge < -0.3 is 14.8 Å². The Morgan fingerprint density at radius 3 is 2.60 bits per heavy atom. The Kier molecular flexibility index (Phi) is 8.31. The maximum atomic E-state index is 12.9. The van der Waals surface area contributed by atoms with E-state index >= 15 is 0 Å². The van der Waals surface area contributed by atoms with Gasteiger partial charge in [0.2, 0.25) is 15.9 Å². The fourth-order valence-corrected chi connectivity index (χ4v) is 4.03. The number of sulfonamides is 1. The summed E-state index contributed by atoms with van der Waals surface area (Å²) in [6.07, 6.45) is 3.48. The van der Waals surface area contributed by atoms with Gasteiger partial charge in [-0.05, 0) is 43.2 Å². The minimum Gasteiger partial charge on any atom is -0.495 e. The Morgan fingerprint density at radius 2 is 2.00 bits per heavy atom. The molecule has 2 aromatic rings. The van der Waals surface area contributed by atoms with Crippen LogP contribution in [-0.4, -0.2) is 45.5 Å². The van der Waals surface area contributed by atoms with E-state index in [1.165, 1.54) is 32.2 Å². The zero-order valence-electron chi connectivity index (χ0n) is 17.0. The third-order valence-electron chi connectivity index (χ3n) is 4.12. The van der Waals surface area contributed by atoms with Crippen molar-refractivity contribution in [3.63, 3.8) is 0 Å². The quantitative estimate of drug-likeness (QED) is 0.545. The number of anilines is 1. The summed E-state index contributed by atoms with van der Waals surface area (Å²) in [4.78, 5) is 27.5. The molecule has 0 fully saturated rings. The van der Waals surface area contributed by atoms with Crippen LogP contribution in [0.2, 0.25) is 0 Å². The van der Waals surface area contributed by atoms with Crippen LogP contribution in [0.15, 0.2) is 47.6 Å². The van der Waals surface area contributed by atoms with Gasteiger partial charge in [0.25, 0.3) is 0 Å². The standard InChI is InChI=1S/C20H25N3O6S/c1-4-29-20(25)16(10-15-6-5-9-21-12-15)13-22-30(26,27)19-11-17(23-14(2)24)7-8-18(19)28-3/h5-9,11-12,16,22H,4,10,13H2,1-3H3,(H,23,24)/t16-/m1/s1. The summed E-state index contributed by atoms with van der Waals surface area (Å²) < 4.78 is 38.5. The number of amides is 1. The minimum atomic E-state index is -4.05. The molecule has 0 aliphatic rings. The average molecular weight is 436 g/mol. The number of rotatable bonds is 10. The lowest BCUT2D eigenvalue weighted by molar-refractivity contribution is -0.147. The van der Waals surface area contributed by atoms with Crippen molar-refractivity contribution < 1.29 is 27.5 Å². The van der Waals surface area contributed by atoms with Crippen molar-refractivity contribution in [1.82, 2.24) is 9.71 Å².